The van der Waals surface area contributed by atoms with Crippen molar-refractivity contribution in [2.45, 2.75) is 20.3 Å². The summed E-state index contributed by atoms with van der Waals surface area (Å²) in [5.41, 5.74) is 0. The summed E-state index contributed by atoms with van der Waals surface area (Å²) in [6, 6.07) is 0. The van der Waals surface area contributed by atoms with E-state index >= 15 is 0 Å². The Kier molecular flexibility index (Phi) is 33.4. The Labute approximate surface area is 230 Å². The molecule has 1 atom stereocenters. The SMILES string of the molecule is C=COCCOCCOCCOCCOCCOCCOCCOCCOCCOCCOCC(C)CC. The standard InChI is InChI=1S/C27H54O11/c1-4-27(3)26-38-25-24-37-23-22-36-21-20-35-19-18-34-17-16-33-15-14-32-13-12-31-11-10-30-9-8-29-7-6-28-5-2/h5,27H,2,4,6-26H2,1,3H3. The molecule has 0 spiro atoms. The van der Waals surface area contributed by atoms with Crippen LogP contribution in [0.5, 0.6) is 0 Å². The maximum absolute atomic E-state index is 5.52. The van der Waals surface area contributed by atoms with Crippen molar-refractivity contribution in [1.29, 1.82) is 0 Å². The smallest absolute Gasteiger partial charge is 0.111 e. The van der Waals surface area contributed by atoms with Crippen LogP contribution in [0.2, 0.25) is 0 Å². The van der Waals surface area contributed by atoms with Gasteiger partial charge in [-0.3, -0.25) is 0 Å². The van der Waals surface area contributed by atoms with Crippen molar-refractivity contribution in [1.82, 2.24) is 0 Å². The Morgan fingerprint density at radius 2 is 0.658 bits per heavy atom. The Balaban J connectivity index is 3.03. The highest BCUT2D eigenvalue weighted by atomic mass is 16.6. The molecule has 38 heavy (non-hydrogen) atoms. The van der Waals surface area contributed by atoms with Crippen LogP contribution < -0.4 is 0 Å². The van der Waals surface area contributed by atoms with Crippen LogP contribution in [0.25, 0.3) is 0 Å². The van der Waals surface area contributed by atoms with Gasteiger partial charge in [0.2, 0.25) is 0 Å². The Morgan fingerprint density at radius 3 is 0.895 bits per heavy atom. The molecule has 0 heterocycles. The predicted octanol–water partition coefficient (Wildman–Crippen LogP) is 2.36. The van der Waals surface area contributed by atoms with Gasteiger partial charge in [-0.25, -0.2) is 0 Å². The lowest BCUT2D eigenvalue weighted by Crippen LogP contribution is -2.15. The lowest BCUT2D eigenvalue weighted by molar-refractivity contribution is -0.0272. The molecule has 0 aliphatic rings. The number of rotatable bonds is 34. The average molecular weight is 555 g/mol. The van der Waals surface area contributed by atoms with Gasteiger partial charge in [-0.05, 0) is 5.92 Å². The second-order valence-electron chi connectivity index (χ2n) is 8.14. The van der Waals surface area contributed by atoms with Gasteiger partial charge in [-0.1, -0.05) is 26.8 Å². The molecule has 0 aliphatic heterocycles. The summed E-state index contributed by atoms with van der Waals surface area (Å²) in [6.07, 6.45) is 2.53. The summed E-state index contributed by atoms with van der Waals surface area (Å²) in [7, 11) is 0. The molecule has 0 aliphatic carbocycles. The number of hydrogen-bond acceptors (Lipinski definition) is 11. The van der Waals surface area contributed by atoms with Gasteiger partial charge >= 0.3 is 0 Å². The first kappa shape index (κ1) is 37.1. The van der Waals surface area contributed by atoms with E-state index in [0.717, 1.165) is 13.0 Å². The topological polar surface area (TPSA) is 102 Å². The van der Waals surface area contributed by atoms with Crippen LogP contribution in [0.3, 0.4) is 0 Å². The predicted molar refractivity (Wildman–Crippen MR) is 144 cm³/mol. The van der Waals surface area contributed by atoms with Crippen molar-refractivity contribution in [3.63, 3.8) is 0 Å². The fourth-order valence-corrected chi connectivity index (χ4v) is 2.57. The summed E-state index contributed by atoms with van der Waals surface area (Å²) >= 11 is 0. The maximum Gasteiger partial charge on any atom is 0.111 e. The van der Waals surface area contributed by atoms with Crippen molar-refractivity contribution < 1.29 is 52.1 Å². The molecule has 11 nitrogen and oxygen atoms in total. The highest BCUT2D eigenvalue weighted by molar-refractivity contribution is 4.48. The van der Waals surface area contributed by atoms with Crippen LogP contribution in [0.1, 0.15) is 20.3 Å². The summed E-state index contributed by atoms with van der Waals surface area (Å²) in [4.78, 5) is 0. The van der Waals surface area contributed by atoms with Crippen LogP contribution in [-0.2, 0) is 52.1 Å². The Morgan fingerprint density at radius 1 is 0.421 bits per heavy atom. The molecule has 0 aromatic carbocycles. The van der Waals surface area contributed by atoms with E-state index in [2.05, 4.69) is 20.4 Å². The van der Waals surface area contributed by atoms with Crippen LogP contribution >= 0.6 is 0 Å². The number of hydrogen-bond donors (Lipinski definition) is 0. The first-order valence-electron chi connectivity index (χ1n) is 13.8. The molecule has 0 bridgehead atoms. The lowest BCUT2D eigenvalue weighted by Gasteiger charge is -2.10. The van der Waals surface area contributed by atoms with Crippen LogP contribution in [0, 0.1) is 5.92 Å². The monoisotopic (exact) mass is 554 g/mol. The quantitative estimate of drug-likeness (QED) is 0.0865. The van der Waals surface area contributed by atoms with Gasteiger partial charge < -0.3 is 52.1 Å². The second-order valence-corrected chi connectivity index (χ2v) is 8.14. The molecule has 0 N–H and O–H groups in total. The van der Waals surface area contributed by atoms with E-state index in [4.69, 9.17) is 52.1 Å². The van der Waals surface area contributed by atoms with Crippen molar-refractivity contribution in [2.24, 2.45) is 5.92 Å². The summed E-state index contributed by atoms with van der Waals surface area (Å²) in [5.74, 6) is 0.600. The van der Waals surface area contributed by atoms with E-state index in [-0.39, 0.29) is 0 Å². The van der Waals surface area contributed by atoms with E-state index in [9.17, 15) is 0 Å². The second kappa shape index (κ2) is 34.2. The first-order valence-corrected chi connectivity index (χ1v) is 13.8. The average Bonchev–Trinajstić information content (AvgIpc) is 2.93. The summed E-state index contributed by atoms with van der Waals surface area (Å²) < 4.78 is 59.4. The highest BCUT2D eigenvalue weighted by Crippen LogP contribution is 2.00. The van der Waals surface area contributed by atoms with Gasteiger partial charge in [0.15, 0.2) is 0 Å². The zero-order chi connectivity index (χ0) is 27.6. The molecule has 228 valence electrons. The summed E-state index contributed by atoms with van der Waals surface area (Å²) in [6.45, 7) is 19.3. The van der Waals surface area contributed by atoms with Crippen LogP contribution in [0.15, 0.2) is 12.8 Å². The molecule has 0 radical (unpaired) electrons. The third kappa shape index (κ3) is 33.2. The molecular formula is C27H54O11. The van der Waals surface area contributed by atoms with Gasteiger partial charge in [-0.2, -0.15) is 0 Å². The molecule has 0 saturated heterocycles. The third-order valence-electron chi connectivity index (χ3n) is 4.91. The van der Waals surface area contributed by atoms with Gasteiger partial charge in [-0.15, -0.1) is 0 Å². The normalized spacial score (nSPS) is 12.2. The van der Waals surface area contributed by atoms with Crippen molar-refractivity contribution in [3.05, 3.63) is 12.8 Å². The lowest BCUT2D eigenvalue weighted by atomic mass is 10.1. The minimum atomic E-state index is 0.506. The van der Waals surface area contributed by atoms with E-state index in [1.54, 1.807) is 0 Å². The van der Waals surface area contributed by atoms with Gasteiger partial charge in [0.25, 0.3) is 0 Å². The molecule has 0 amide bonds. The van der Waals surface area contributed by atoms with E-state index in [1.165, 1.54) is 6.26 Å². The van der Waals surface area contributed by atoms with Crippen LogP contribution in [0.4, 0.5) is 0 Å². The zero-order valence-electron chi connectivity index (χ0n) is 23.9. The van der Waals surface area contributed by atoms with E-state index in [0.29, 0.717) is 138 Å². The van der Waals surface area contributed by atoms with Crippen LogP contribution in [-0.4, -0.2) is 139 Å². The Hall–Kier alpha value is -0.860. The van der Waals surface area contributed by atoms with Gasteiger partial charge in [0.1, 0.15) is 6.61 Å². The minimum Gasteiger partial charge on any atom is -0.499 e. The molecule has 0 aromatic heterocycles. The first-order chi connectivity index (χ1) is 18.8. The Bertz CT molecular complexity index is 443. The summed E-state index contributed by atoms with van der Waals surface area (Å²) in [5, 5.41) is 0. The van der Waals surface area contributed by atoms with Crippen molar-refractivity contribution in [2.75, 3.05) is 139 Å². The molecule has 1 unspecified atom stereocenters. The third-order valence-corrected chi connectivity index (χ3v) is 4.91. The van der Waals surface area contributed by atoms with E-state index in [1.807, 2.05) is 0 Å². The molecule has 0 fully saturated rings. The fourth-order valence-electron chi connectivity index (χ4n) is 2.57. The highest BCUT2D eigenvalue weighted by Gasteiger charge is 1.98. The van der Waals surface area contributed by atoms with E-state index < -0.39 is 0 Å². The minimum absolute atomic E-state index is 0.506. The van der Waals surface area contributed by atoms with Crippen molar-refractivity contribution >= 4 is 0 Å². The zero-order valence-corrected chi connectivity index (χ0v) is 23.9. The number of ether oxygens (including phenoxy) is 11. The van der Waals surface area contributed by atoms with Gasteiger partial charge in [0.05, 0.1) is 132 Å². The molecule has 0 saturated carbocycles. The van der Waals surface area contributed by atoms with Gasteiger partial charge in [0, 0.05) is 6.61 Å². The van der Waals surface area contributed by atoms with Crippen molar-refractivity contribution in [3.8, 4) is 0 Å². The molecule has 0 rings (SSSR count). The maximum atomic E-state index is 5.52. The molecule has 11 heteroatoms. The molecular weight excluding hydrogens is 500 g/mol. The largest absolute Gasteiger partial charge is 0.499 e. The fraction of sp³-hybridized carbons (Fsp3) is 0.926. The molecule has 0 aromatic rings.